The van der Waals surface area contributed by atoms with Gasteiger partial charge in [-0.05, 0) is 18.2 Å². The van der Waals surface area contributed by atoms with Crippen LogP contribution < -0.4 is 10.5 Å². The molecule has 0 spiro atoms. The van der Waals surface area contributed by atoms with Gasteiger partial charge in [-0.3, -0.25) is 4.72 Å². The summed E-state index contributed by atoms with van der Waals surface area (Å²) in [5, 5.41) is 3.79. The van der Waals surface area contributed by atoms with Gasteiger partial charge in [0.05, 0.1) is 24.6 Å². The molecule has 0 bridgehead atoms. The van der Waals surface area contributed by atoms with E-state index >= 15 is 0 Å². The molecule has 10 heteroatoms. The molecule has 0 saturated carbocycles. The Morgan fingerprint density at radius 1 is 1.45 bits per heavy atom. The lowest BCUT2D eigenvalue weighted by molar-refractivity contribution is 0.0600. The molecule has 0 atom stereocenters. The van der Waals surface area contributed by atoms with Crippen molar-refractivity contribution < 1.29 is 17.9 Å². The number of sulfonamides is 1. The van der Waals surface area contributed by atoms with E-state index in [1.54, 1.807) is 0 Å². The molecule has 1 aromatic carbocycles. The Bertz CT molecular complexity index is 728. The van der Waals surface area contributed by atoms with Crippen molar-refractivity contribution in [3.8, 4) is 0 Å². The highest BCUT2D eigenvalue weighted by Crippen LogP contribution is 2.23. The molecule has 106 valence electrons. The van der Waals surface area contributed by atoms with Crippen LogP contribution in [-0.4, -0.2) is 31.1 Å². The van der Waals surface area contributed by atoms with Gasteiger partial charge in [0.25, 0.3) is 10.0 Å². The molecule has 0 amide bonds. The van der Waals surface area contributed by atoms with Crippen LogP contribution in [0.1, 0.15) is 10.4 Å². The van der Waals surface area contributed by atoms with Crippen molar-refractivity contribution in [3.05, 3.63) is 30.0 Å². The van der Waals surface area contributed by atoms with Crippen molar-refractivity contribution in [2.75, 3.05) is 17.6 Å². The van der Waals surface area contributed by atoms with Gasteiger partial charge >= 0.3 is 5.97 Å². The third-order valence-electron chi connectivity index (χ3n) is 2.32. The van der Waals surface area contributed by atoms with Gasteiger partial charge in [0, 0.05) is 11.5 Å². The second-order valence-electron chi connectivity index (χ2n) is 3.63. The fourth-order valence-electron chi connectivity index (χ4n) is 1.44. The predicted octanol–water partition coefficient (Wildman–Crippen LogP) is 0.708. The Morgan fingerprint density at radius 3 is 2.75 bits per heavy atom. The summed E-state index contributed by atoms with van der Waals surface area (Å²) >= 11 is 0.896. The van der Waals surface area contributed by atoms with Crippen LogP contribution in [0.25, 0.3) is 0 Å². The van der Waals surface area contributed by atoms with E-state index < -0.39 is 16.0 Å². The van der Waals surface area contributed by atoms with Crippen LogP contribution in [0.5, 0.6) is 0 Å². The number of hydrogen-bond donors (Lipinski definition) is 2. The van der Waals surface area contributed by atoms with Gasteiger partial charge in [-0.1, -0.05) is 4.49 Å². The largest absolute Gasteiger partial charge is 0.465 e. The van der Waals surface area contributed by atoms with Gasteiger partial charge in [0.2, 0.25) is 0 Å². The van der Waals surface area contributed by atoms with Crippen LogP contribution in [0, 0.1) is 0 Å². The number of carbonyl (C=O) groups excluding carboxylic acids is 1. The molecule has 1 heterocycles. The van der Waals surface area contributed by atoms with Gasteiger partial charge in [0.15, 0.2) is 0 Å². The summed E-state index contributed by atoms with van der Waals surface area (Å²) in [4.78, 5) is 11.2. The van der Waals surface area contributed by atoms with E-state index in [0.29, 0.717) is 0 Å². The van der Waals surface area contributed by atoms with Crippen molar-refractivity contribution in [2.45, 2.75) is 4.90 Å². The summed E-state index contributed by atoms with van der Waals surface area (Å²) in [6.45, 7) is 0. The molecule has 1 aromatic heterocycles. The summed E-state index contributed by atoms with van der Waals surface area (Å²) in [5.74, 6) is -0.597. The van der Waals surface area contributed by atoms with Crippen LogP contribution in [0.2, 0.25) is 0 Å². The SMILES string of the molecule is COC(=O)c1ccc(S(=O)(=O)Nc2cnns2)c(N)c1. The molecule has 0 aliphatic heterocycles. The summed E-state index contributed by atoms with van der Waals surface area (Å²) in [6, 6.07) is 3.80. The highest BCUT2D eigenvalue weighted by Gasteiger charge is 2.20. The molecule has 0 unspecified atom stereocenters. The van der Waals surface area contributed by atoms with E-state index in [2.05, 4.69) is 19.0 Å². The maximum absolute atomic E-state index is 12.1. The van der Waals surface area contributed by atoms with Gasteiger partial charge in [0.1, 0.15) is 9.90 Å². The Kier molecular flexibility index (Phi) is 3.86. The fourth-order valence-corrected chi connectivity index (χ4v) is 3.24. The molecular weight excluding hydrogens is 304 g/mol. The van der Waals surface area contributed by atoms with Gasteiger partial charge in [-0.2, -0.15) is 0 Å². The number of anilines is 2. The Labute approximate surface area is 118 Å². The highest BCUT2D eigenvalue weighted by molar-refractivity contribution is 7.93. The van der Waals surface area contributed by atoms with E-state index in [1.165, 1.54) is 31.5 Å². The minimum Gasteiger partial charge on any atom is -0.465 e. The number of ether oxygens (including phenoxy) is 1. The maximum Gasteiger partial charge on any atom is 0.337 e. The van der Waals surface area contributed by atoms with Crippen molar-refractivity contribution >= 4 is 38.2 Å². The van der Waals surface area contributed by atoms with Crippen LogP contribution in [-0.2, 0) is 14.8 Å². The molecule has 0 fully saturated rings. The van der Waals surface area contributed by atoms with E-state index in [4.69, 9.17) is 5.73 Å². The predicted molar refractivity (Wildman–Crippen MR) is 72.9 cm³/mol. The number of aromatic nitrogens is 2. The first-order valence-electron chi connectivity index (χ1n) is 5.22. The topological polar surface area (TPSA) is 124 Å². The summed E-state index contributed by atoms with van der Waals surface area (Å²) in [5.41, 5.74) is 5.79. The number of carbonyl (C=O) groups is 1. The first kappa shape index (κ1) is 14.2. The minimum absolute atomic E-state index is 0.0575. The molecule has 0 radical (unpaired) electrons. The normalized spacial score (nSPS) is 11.1. The summed E-state index contributed by atoms with van der Waals surface area (Å²) in [6.07, 6.45) is 1.28. The number of nitrogens with one attached hydrogen (secondary N) is 1. The molecule has 20 heavy (non-hydrogen) atoms. The first-order valence-corrected chi connectivity index (χ1v) is 7.47. The summed E-state index contributed by atoms with van der Waals surface area (Å²) < 4.78 is 34.6. The molecule has 0 aliphatic rings. The van der Waals surface area contributed by atoms with Gasteiger partial charge < -0.3 is 10.5 Å². The van der Waals surface area contributed by atoms with Gasteiger partial charge in [-0.15, -0.1) is 5.10 Å². The van der Waals surface area contributed by atoms with Crippen LogP contribution in [0.15, 0.2) is 29.3 Å². The molecule has 2 aromatic rings. The average Bonchev–Trinajstić information content (AvgIpc) is 2.89. The molecular formula is C10H10N4O4S2. The lowest BCUT2D eigenvalue weighted by Gasteiger charge is -2.09. The second-order valence-corrected chi connectivity index (χ2v) is 6.07. The number of nitrogens with two attached hydrogens (primary N) is 1. The zero-order chi connectivity index (χ0) is 14.8. The third-order valence-corrected chi connectivity index (χ3v) is 4.47. The number of nitrogen functional groups attached to an aromatic ring is 1. The number of rotatable bonds is 4. The maximum atomic E-state index is 12.1. The number of hydrogen-bond acceptors (Lipinski definition) is 8. The van der Waals surface area contributed by atoms with Crippen molar-refractivity contribution in [3.63, 3.8) is 0 Å². The monoisotopic (exact) mass is 314 g/mol. The lowest BCUT2D eigenvalue weighted by Crippen LogP contribution is -2.15. The minimum atomic E-state index is -3.86. The van der Waals surface area contributed by atoms with Crippen LogP contribution in [0.4, 0.5) is 10.7 Å². The Balaban J connectivity index is 2.35. The van der Waals surface area contributed by atoms with Crippen LogP contribution >= 0.6 is 11.5 Å². The van der Waals surface area contributed by atoms with E-state index in [-0.39, 0.29) is 21.1 Å². The third kappa shape index (κ3) is 2.86. The second kappa shape index (κ2) is 5.43. The number of benzene rings is 1. The average molecular weight is 314 g/mol. The fraction of sp³-hybridized carbons (Fsp3) is 0.100. The zero-order valence-corrected chi connectivity index (χ0v) is 11.9. The van der Waals surface area contributed by atoms with Crippen molar-refractivity contribution in [1.29, 1.82) is 0 Å². The Morgan fingerprint density at radius 2 is 2.20 bits per heavy atom. The smallest absolute Gasteiger partial charge is 0.337 e. The van der Waals surface area contributed by atoms with Crippen molar-refractivity contribution in [1.82, 2.24) is 9.59 Å². The van der Waals surface area contributed by atoms with E-state index in [9.17, 15) is 13.2 Å². The molecule has 3 N–H and O–H groups in total. The van der Waals surface area contributed by atoms with Gasteiger partial charge in [-0.25, -0.2) is 13.2 Å². The zero-order valence-electron chi connectivity index (χ0n) is 10.2. The number of nitrogens with zero attached hydrogens (tertiary/aromatic N) is 2. The molecule has 0 saturated heterocycles. The summed E-state index contributed by atoms with van der Waals surface area (Å²) in [7, 11) is -2.64. The number of methoxy groups -OCH3 is 1. The van der Waals surface area contributed by atoms with Crippen LogP contribution in [0.3, 0.4) is 0 Å². The highest BCUT2D eigenvalue weighted by atomic mass is 32.2. The lowest BCUT2D eigenvalue weighted by atomic mass is 10.2. The quantitative estimate of drug-likeness (QED) is 0.629. The number of esters is 1. The molecule has 2 rings (SSSR count). The van der Waals surface area contributed by atoms with E-state index in [1.807, 2.05) is 0 Å². The van der Waals surface area contributed by atoms with Crippen molar-refractivity contribution in [2.24, 2.45) is 0 Å². The standard InChI is InChI=1S/C10H10N4O4S2/c1-18-10(15)6-2-3-8(7(11)4-6)20(16,17)13-9-5-12-14-19-9/h2-5,13H,11H2,1H3. The Hall–Kier alpha value is -2.20. The molecule has 8 nitrogen and oxygen atoms in total. The first-order chi connectivity index (χ1) is 9.44. The molecule has 0 aliphatic carbocycles. The van der Waals surface area contributed by atoms with E-state index in [0.717, 1.165) is 11.5 Å².